The smallest absolute Gasteiger partial charge is 0.350 e. The van der Waals surface area contributed by atoms with Gasteiger partial charge in [0.25, 0.3) is 5.69 Å². The van der Waals surface area contributed by atoms with Gasteiger partial charge in [-0.3, -0.25) is 33.6 Å². The number of non-ortho nitro benzene ring substituents is 1. The molecule has 0 spiro atoms. The van der Waals surface area contributed by atoms with Gasteiger partial charge in [0.2, 0.25) is 0 Å². The van der Waals surface area contributed by atoms with Crippen LogP contribution in [0.4, 0.5) is 36.3 Å². The van der Waals surface area contributed by atoms with E-state index in [2.05, 4.69) is 79.4 Å². The monoisotopic (exact) mass is 1030 g/mol. The highest BCUT2D eigenvalue weighted by atomic mass is 19.1. The van der Waals surface area contributed by atoms with Crippen molar-refractivity contribution in [2.45, 2.75) is 117 Å². The van der Waals surface area contributed by atoms with Crippen molar-refractivity contribution in [2.24, 2.45) is 0 Å². The molecule has 2 aliphatic heterocycles. The summed E-state index contributed by atoms with van der Waals surface area (Å²) in [6, 6.07) is 21.8. The minimum Gasteiger partial charge on any atom is -0.454 e. The predicted octanol–water partition coefficient (Wildman–Crippen LogP) is 7.43. The number of hydrogen-bond donors (Lipinski definition) is 3. The van der Waals surface area contributed by atoms with E-state index >= 15 is 0 Å². The third-order valence-corrected chi connectivity index (χ3v) is 13.6. The molecule has 3 aromatic carbocycles. The fraction of sp³-hybridized carbons (Fsp3) is 0.340. The largest absolute Gasteiger partial charge is 0.454 e. The Kier molecular flexibility index (Phi) is 17.8. The van der Waals surface area contributed by atoms with Gasteiger partial charge in [-0.05, 0) is 66.1 Å². The van der Waals surface area contributed by atoms with Crippen molar-refractivity contribution in [3.8, 4) is 0 Å². The molecule has 396 valence electrons. The standard InChI is InChI=1S/C17H19FN4O.C17H17FN4O.C16H13FN4O5.3CH4/c2*18-15-10-22(17(23)20-16(15)19)14-6-5-13(7-14)21-8-11-3-1-2-4-12(11)9-21;17-13-8-20(16(23)19-14(13)18)11-5-6-12(7-11)26-15(22)9-1-3-10(4-2-9)21(24)25;;;/h1-4,10,13-14H,5-9H2,(H2,19,20,23);1-6,10,13-14H,7-9H2,(H2,19,20,23);1-6,8,11-12H,7H2,(H2,18,19,23);3*1H4/t2*13-,14-;11-,12?;;;/m000.../s1. The van der Waals surface area contributed by atoms with E-state index in [-0.39, 0.29) is 69.7 Å². The highest BCUT2D eigenvalue weighted by Gasteiger charge is 2.34. The van der Waals surface area contributed by atoms with Crippen molar-refractivity contribution in [3.05, 3.63) is 203 Å². The molecule has 6 N–H and O–H groups in total. The van der Waals surface area contributed by atoms with Crippen LogP contribution in [0.2, 0.25) is 0 Å². The molecule has 22 heteroatoms. The molecule has 0 amide bonds. The number of halogens is 3. The Hall–Kier alpha value is -8.24. The van der Waals surface area contributed by atoms with Crippen LogP contribution in [0.25, 0.3) is 0 Å². The number of carbonyl (C=O) groups is 1. The Balaban J connectivity index is 0.000000180. The Morgan fingerprint density at radius 3 is 1.47 bits per heavy atom. The van der Waals surface area contributed by atoms with E-state index in [9.17, 15) is 42.5 Å². The Labute approximate surface area is 430 Å². The summed E-state index contributed by atoms with van der Waals surface area (Å²) in [5, 5.41) is 10.6. The quantitative estimate of drug-likeness (QED) is 0.0579. The van der Waals surface area contributed by atoms with Gasteiger partial charge in [0.05, 0.1) is 22.6 Å². The molecular formula is C53H61F3N12O7. The molecule has 5 aliphatic rings. The highest BCUT2D eigenvalue weighted by Crippen LogP contribution is 2.37. The van der Waals surface area contributed by atoms with E-state index in [1.165, 1.54) is 61.9 Å². The van der Waals surface area contributed by atoms with Crippen LogP contribution in [0, 0.1) is 27.6 Å². The summed E-state index contributed by atoms with van der Waals surface area (Å²) < 4.78 is 49.9. The zero-order valence-corrected chi connectivity index (χ0v) is 38.5. The Morgan fingerprint density at radius 1 is 0.560 bits per heavy atom. The molecule has 75 heavy (non-hydrogen) atoms. The van der Waals surface area contributed by atoms with Crippen LogP contribution >= 0.6 is 0 Å². The molecule has 1 saturated carbocycles. The highest BCUT2D eigenvalue weighted by molar-refractivity contribution is 5.89. The molecule has 0 bridgehead atoms. The van der Waals surface area contributed by atoms with Crippen molar-refractivity contribution in [2.75, 3.05) is 17.2 Å². The van der Waals surface area contributed by atoms with E-state index < -0.39 is 63.4 Å². The number of nitrogen functional groups attached to an aromatic ring is 3. The number of allylic oxidation sites excluding steroid dienone is 2. The van der Waals surface area contributed by atoms with Crippen molar-refractivity contribution in [1.82, 2.24) is 38.5 Å². The molecule has 5 heterocycles. The van der Waals surface area contributed by atoms with Gasteiger partial charge in [-0.15, -0.1) is 0 Å². The molecule has 0 saturated heterocycles. The maximum absolute atomic E-state index is 13.6. The number of aromatic nitrogens is 6. The molecule has 3 aliphatic carbocycles. The number of nitro groups is 1. The summed E-state index contributed by atoms with van der Waals surface area (Å²) >= 11 is 0. The molecule has 0 radical (unpaired) electrons. The number of ether oxygens (including phenoxy) is 1. The molecule has 11 rings (SSSR count). The van der Waals surface area contributed by atoms with Gasteiger partial charge in [-0.25, -0.2) is 32.3 Å². The molecular weight excluding hydrogens is 974 g/mol. The van der Waals surface area contributed by atoms with Crippen LogP contribution in [-0.4, -0.2) is 67.5 Å². The first kappa shape index (κ1) is 56.1. The van der Waals surface area contributed by atoms with Crippen LogP contribution in [0.15, 0.2) is 130 Å². The van der Waals surface area contributed by atoms with Crippen LogP contribution in [0.3, 0.4) is 0 Å². The zero-order valence-electron chi connectivity index (χ0n) is 38.5. The lowest BCUT2D eigenvalue weighted by Crippen LogP contribution is -2.31. The summed E-state index contributed by atoms with van der Waals surface area (Å²) in [4.78, 5) is 73.2. The van der Waals surface area contributed by atoms with E-state index in [4.69, 9.17) is 21.9 Å². The van der Waals surface area contributed by atoms with Crippen LogP contribution < -0.4 is 34.3 Å². The maximum atomic E-state index is 13.6. The van der Waals surface area contributed by atoms with Crippen molar-refractivity contribution in [3.63, 3.8) is 0 Å². The summed E-state index contributed by atoms with van der Waals surface area (Å²) in [6.45, 7) is 3.72. The first-order valence-corrected chi connectivity index (χ1v) is 23.1. The van der Waals surface area contributed by atoms with Gasteiger partial charge in [-0.1, -0.05) is 89.0 Å². The number of benzene rings is 3. The van der Waals surface area contributed by atoms with Gasteiger partial charge < -0.3 is 21.9 Å². The SMILES string of the molecule is C.C.C.Nc1nc(=O)n([C@H]2C=CC(OC(=O)c3ccc([N+](=O)[O-])cc3)C2)cc1F.Nc1nc(=O)n([C@H]2C=C[C@H](N3Cc4ccccc4C3)C2)cc1F.Nc1nc(=O)n([C@H]2CC[C@H](N3Cc4ccccc4C3)C2)cc1F. The number of rotatable bonds is 8. The topological polar surface area (TPSA) is 259 Å². The molecule has 6 atom stereocenters. The number of carbonyl (C=O) groups excluding carboxylic acids is 1. The number of fused-ring (bicyclic) bond motifs is 2. The van der Waals surface area contributed by atoms with E-state index in [0.717, 1.165) is 68.8 Å². The average Bonchev–Trinajstić information content (AvgIpc) is 4.23. The lowest BCUT2D eigenvalue weighted by atomic mass is 10.1. The summed E-state index contributed by atoms with van der Waals surface area (Å²) in [5.74, 6) is -3.91. The number of esters is 1. The second-order valence-corrected chi connectivity index (χ2v) is 18.2. The third kappa shape index (κ3) is 12.4. The first-order chi connectivity index (χ1) is 34.6. The molecule has 1 fully saturated rings. The van der Waals surface area contributed by atoms with Crippen LogP contribution in [-0.2, 0) is 30.9 Å². The predicted molar refractivity (Wildman–Crippen MR) is 279 cm³/mol. The molecule has 3 aromatic heterocycles. The van der Waals surface area contributed by atoms with Gasteiger partial charge in [0.15, 0.2) is 34.9 Å². The second-order valence-electron chi connectivity index (χ2n) is 18.2. The van der Waals surface area contributed by atoms with Gasteiger partial charge in [0, 0.05) is 81.4 Å². The Morgan fingerprint density at radius 2 is 0.973 bits per heavy atom. The Bertz CT molecular complexity index is 3240. The van der Waals surface area contributed by atoms with Gasteiger partial charge in [-0.2, -0.15) is 15.0 Å². The summed E-state index contributed by atoms with van der Waals surface area (Å²) in [7, 11) is 0. The number of nitro benzene ring substituents is 1. The lowest BCUT2D eigenvalue weighted by Gasteiger charge is -2.23. The van der Waals surface area contributed by atoms with Crippen molar-refractivity contribution >= 4 is 29.1 Å². The summed E-state index contributed by atoms with van der Waals surface area (Å²) in [6.07, 6.45) is 13.6. The minimum absolute atomic E-state index is 0. The van der Waals surface area contributed by atoms with Crippen molar-refractivity contribution < 1.29 is 27.6 Å². The minimum atomic E-state index is -0.815. The number of nitrogens with two attached hydrogens (primary N) is 3. The lowest BCUT2D eigenvalue weighted by molar-refractivity contribution is -0.384. The van der Waals surface area contributed by atoms with E-state index in [1.807, 2.05) is 6.08 Å². The fourth-order valence-electron chi connectivity index (χ4n) is 9.84. The fourth-order valence-corrected chi connectivity index (χ4v) is 9.84. The first-order valence-electron chi connectivity index (χ1n) is 23.1. The molecule has 1 unspecified atom stereocenters. The average molecular weight is 1040 g/mol. The number of anilines is 3. The maximum Gasteiger partial charge on any atom is 0.350 e. The van der Waals surface area contributed by atoms with Crippen LogP contribution in [0.5, 0.6) is 0 Å². The van der Waals surface area contributed by atoms with E-state index in [0.29, 0.717) is 6.04 Å². The van der Waals surface area contributed by atoms with Crippen molar-refractivity contribution in [1.29, 1.82) is 0 Å². The van der Waals surface area contributed by atoms with E-state index in [1.54, 1.807) is 12.2 Å². The zero-order chi connectivity index (χ0) is 50.8. The normalized spacial score (nSPS) is 21.0. The van der Waals surface area contributed by atoms with Gasteiger partial charge in [0.1, 0.15) is 6.10 Å². The summed E-state index contributed by atoms with van der Waals surface area (Å²) in [5.41, 5.74) is 19.7. The number of hydrogen-bond acceptors (Lipinski definition) is 15. The number of nitrogens with zero attached hydrogens (tertiary/aromatic N) is 9. The van der Waals surface area contributed by atoms with Crippen LogP contribution in [0.1, 0.15) is 105 Å². The molecule has 6 aromatic rings. The van der Waals surface area contributed by atoms with Gasteiger partial charge >= 0.3 is 23.0 Å². The molecule has 19 nitrogen and oxygen atoms in total. The second kappa shape index (κ2) is 23.7. The third-order valence-electron chi connectivity index (χ3n) is 13.6.